The first-order chi connectivity index (χ1) is 23.4. The predicted molar refractivity (Wildman–Crippen MR) is 180 cm³/mol. The molecule has 3 fully saturated rings. The van der Waals surface area contributed by atoms with Crippen molar-refractivity contribution in [1.29, 1.82) is 0 Å². The number of H-pyrrole nitrogens is 1. The van der Waals surface area contributed by atoms with E-state index in [1.165, 1.54) is 0 Å². The number of aromatic nitrogens is 3. The molecular weight excluding hydrogens is 612 g/mol. The maximum absolute atomic E-state index is 14.0. The zero-order chi connectivity index (χ0) is 33.0. The van der Waals surface area contributed by atoms with Gasteiger partial charge in [-0.05, 0) is 80.9 Å². The van der Waals surface area contributed by atoms with Gasteiger partial charge in [0.05, 0.1) is 0 Å². The number of anilines is 1. The molecule has 1 unspecified atom stereocenters. The molecule has 3 aromatic rings. The number of nitrogens with zero attached hydrogens (tertiary/aromatic N) is 6. The minimum atomic E-state index is -0.799. The Morgan fingerprint density at radius 2 is 1.73 bits per heavy atom. The van der Waals surface area contributed by atoms with Gasteiger partial charge in [0, 0.05) is 70.0 Å². The number of benzene rings is 2. The van der Waals surface area contributed by atoms with E-state index in [-0.39, 0.29) is 18.0 Å². The molecule has 2 aromatic carbocycles. The maximum Gasteiger partial charge on any atom is 0.426 e. The summed E-state index contributed by atoms with van der Waals surface area (Å²) in [7, 11) is 0. The summed E-state index contributed by atoms with van der Waals surface area (Å²) in [6.07, 6.45) is 4.06. The van der Waals surface area contributed by atoms with Crippen molar-refractivity contribution in [2.75, 3.05) is 64.2 Å². The number of nitrogens with one attached hydrogen (secondary N) is 4. The monoisotopic (exact) mass is 658 g/mol. The summed E-state index contributed by atoms with van der Waals surface area (Å²) in [5.41, 5.74) is 5.35. The molecule has 4 aliphatic rings. The topological polar surface area (TPSA) is 151 Å². The number of fused-ring (bicyclic) bond motifs is 2. The van der Waals surface area contributed by atoms with Crippen molar-refractivity contribution in [3.05, 3.63) is 53.1 Å². The molecule has 4 aliphatic heterocycles. The molecule has 48 heavy (non-hydrogen) atoms. The smallest absolute Gasteiger partial charge is 0.351 e. The number of urea groups is 1. The van der Waals surface area contributed by atoms with Crippen molar-refractivity contribution >= 4 is 34.8 Å². The highest BCUT2D eigenvalue weighted by Gasteiger charge is 2.34. The van der Waals surface area contributed by atoms with Gasteiger partial charge in [0.15, 0.2) is 0 Å². The van der Waals surface area contributed by atoms with E-state index in [9.17, 15) is 14.4 Å². The summed E-state index contributed by atoms with van der Waals surface area (Å²) < 4.78 is 0. The van der Waals surface area contributed by atoms with Gasteiger partial charge >= 0.3 is 12.1 Å². The average molecular weight is 659 g/mol. The van der Waals surface area contributed by atoms with Crippen LogP contribution in [0.2, 0.25) is 0 Å². The first-order valence-corrected chi connectivity index (χ1v) is 17.3. The summed E-state index contributed by atoms with van der Waals surface area (Å²) in [5, 5.41) is 22.2. The zero-order valence-corrected chi connectivity index (χ0v) is 27.6. The molecule has 0 spiro atoms. The van der Waals surface area contributed by atoms with Crippen LogP contribution >= 0.6 is 0 Å². The number of aryl methyl sites for hydroxylation is 1. The summed E-state index contributed by atoms with van der Waals surface area (Å²) in [6.45, 7) is 8.57. The molecule has 14 heteroatoms. The molecule has 4 amide bonds. The SMILES string of the molecule is Cc1cc(CC(NC(=O)ON2CCC(N3CCc4ccccc4NC3=O)CC2)C(=O)N2CCN(C3CCNCC3)CC2)cc2n[nH]nc12. The molecule has 0 radical (unpaired) electrons. The van der Waals surface area contributed by atoms with Crippen molar-refractivity contribution in [2.45, 2.75) is 63.6 Å². The van der Waals surface area contributed by atoms with Gasteiger partial charge in [-0.15, -0.1) is 5.06 Å². The van der Waals surface area contributed by atoms with E-state index < -0.39 is 12.1 Å². The van der Waals surface area contributed by atoms with E-state index in [4.69, 9.17) is 4.84 Å². The molecule has 1 atom stereocenters. The molecule has 4 N–H and O–H groups in total. The zero-order valence-electron chi connectivity index (χ0n) is 27.6. The van der Waals surface area contributed by atoms with Crippen LogP contribution in [-0.2, 0) is 22.5 Å². The van der Waals surface area contributed by atoms with Crippen molar-refractivity contribution in [3.63, 3.8) is 0 Å². The Bertz CT molecular complexity index is 1610. The van der Waals surface area contributed by atoms with Crippen molar-refractivity contribution in [3.8, 4) is 0 Å². The molecule has 0 aliphatic carbocycles. The number of hydrogen-bond acceptors (Lipinski definition) is 9. The Balaban J connectivity index is 0.967. The van der Waals surface area contributed by atoms with Gasteiger partial charge in [-0.1, -0.05) is 24.3 Å². The quantitative estimate of drug-likeness (QED) is 0.300. The number of carbonyl (C=O) groups is 3. The lowest BCUT2D eigenvalue weighted by Gasteiger charge is -2.41. The van der Waals surface area contributed by atoms with Crippen LogP contribution in [0.5, 0.6) is 0 Å². The molecule has 7 rings (SSSR count). The fourth-order valence-corrected chi connectivity index (χ4v) is 7.72. The summed E-state index contributed by atoms with van der Waals surface area (Å²) >= 11 is 0. The number of aromatic amines is 1. The number of hydrogen-bond donors (Lipinski definition) is 4. The van der Waals surface area contributed by atoms with Crippen LogP contribution in [0.15, 0.2) is 36.4 Å². The number of para-hydroxylation sites is 1. The van der Waals surface area contributed by atoms with Gasteiger partial charge in [-0.2, -0.15) is 15.4 Å². The standard InChI is InChI=1S/C34H46N10O4/c1-23-20-24(21-29-31(23)39-40-38-29)22-30(32(45)42-18-16-41(17-19-42)26-6-11-35-12-7-26)37-34(47)48-43-13-9-27(10-14-43)44-15-8-25-4-2-3-5-28(25)36-33(44)46/h2-5,20-21,26-27,30,35H,6-19,22H2,1H3,(H,36,46)(H,37,47)(H,38,39,40). The third-order valence-corrected chi connectivity index (χ3v) is 10.4. The third-order valence-electron chi connectivity index (χ3n) is 10.4. The number of carbonyl (C=O) groups excluding carboxylic acids is 3. The van der Waals surface area contributed by atoms with Crippen LogP contribution in [0.3, 0.4) is 0 Å². The van der Waals surface area contributed by atoms with Crippen molar-refractivity contribution in [1.82, 2.24) is 45.8 Å². The molecule has 3 saturated heterocycles. The largest absolute Gasteiger partial charge is 0.426 e. The molecule has 14 nitrogen and oxygen atoms in total. The Hall–Kier alpha value is -4.27. The highest BCUT2D eigenvalue weighted by Crippen LogP contribution is 2.25. The Labute approximate surface area is 280 Å². The molecule has 5 heterocycles. The minimum absolute atomic E-state index is 0.0507. The summed E-state index contributed by atoms with van der Waals surface area (Å²) in [5.74, 6) is -0.110. The van der Waals surface area contributed by atoms with E-state index >= 15 is 0 Å². The van der Waals surface area contributed by atoms with E-state index in [1.54, 1.807) is 5.06 Å². The van der Waals surface area contributed by atoms with Crippen LogP contribution in [-0.4, -0.2) is 130 Å². The predicted octanol–water partition coefficient (Wildman–Crippen LogP) is 2.27. The van der Waals surface area contributed by atoms with Crippen LogP contribution in [0.4, 0.5) is 15.3 Å². The van der Waals surface area contributed by atoms with Crippen molar-refractivity contribution in [2.24, 2.45) is 0 Å². The normalized spacial score (nSPS) is 21.0. The Morgan fingerprint density at radius 1 is 0.958 bits per heavy atom. The van der Waals surface area contributed by atoms with Gasteiger partial charge in [-0.25, -0.2) is 9.59 Å². The first-order valence-electron chi connectivity index (χ1n) is 17.3. The van der Waals surface area contributed by atoms with Gasteiger partial charge < -0.3 is 30.6 Å². The Morgan fingerprint density at radius 3 is 2.52 bits per heavy atom. The maximum atomic E-state index is 14.0. The van der Waals surface area contributed by atoms with Crippen molar-refractivity contribution < 1.29 is 19.2 Å². The lowest BCUT2D eigenvalue weighted by Crippen LogP contribution is -2.58. The van der Waals surface area contributed by atoms with E-state index in [1.807, 2.05) is 47.1 Å². The second-order valence-electron chi connectivity index (χ2n) is 13.4. The second-order valence-corrected chi connectivity index (χ2v) is 13.4. The van der Waals surface area contributed by atoms with E-state index in [0.29, 0.717) is 58.0 Å². The molecule has 0 bridgehead atoms. The number of amides is 4. The number of rotatable bonds is 7. The molecule has 0 saturated carbocycles. The molecular formula is C34H46N10O4. The third kappa shape index (κ3) is 7.25. The van der Waals surface area contributed by atoms with Crippen LogP contribution in [0, 0.1) is 6.92 Å². The van der Waals surface area contributed by atoms with Gasteiger partial charge in [0.1, 0.15) is 17.1 Å². The highest BCUT2D eigenvalue weighted by atomic mass is 16.7. The van der Waals surface area contributed by atoms with E-state index in [0.717, 1.165) is 78.9 Å². The first kappa shape index (κ1) is 32.3. The van der Waals surface area contributed by atoms with Crippen LogP contribution < -0.4 is 16.0 Å². The van der Waals surface area contributed by atoms with Gasteiger partial charge in [0.25, 0.3) is 0 Å². The minimum Gasteiger partial charge on any atom is -0.351 e. The number of piperidine rings is 2. The summed E-state index contributed by atoms with van der Waals surface area (Å²) in [6, 6.07) is 11.5. The van der Waals surface area contributed by atoms with Crippen LogP contribution in [0.25, 0.3) is 11.0 Å². The molecule has 256 valence electrons. The second kappa shape index (κ2) is 14.5. The fourth-order valence-electron chi connectivity index (χ4n) is 7.72. The highest BCUT2D eigenvalue weighted by molar-refractivity contribution is 5.91. The molecule has 1 aromatic heterocycles. The van der Waals surface area contributed by atoms with Crippen LogP contribution in [0.1, 0.15) is 42.4 Å². The lowest BCUT2D eigenvalue weighted by molar-refractivity contribution is -0.137. The Kier molecular flexibility index (Phi) is 9.73. The van der Waals surface area contributed by atoms with Gasteiger partial charge in [0.2, 0.25) is 5.91 Å². The average Bonchev–Trinajstić information content (AvgIpc) is 3.52. The summed E-state index contributed by atoms with van der Waals surface area (Å²) in [4.78, 5) is 52.4. The van der Waals surface area contributed by atoms with E-state index in [2.05, 4.69) is 42.3 Å². The lowest BCUT2D eigenvalue weighted by atomic mass is 10.0. The fraction of sp³-hybridized carbons (Fsp3) is 0.559. The van der Waals surface area contributed by atoms with Gasteiger partial charge in [-0.3, -0.25) is 9.69 Å². The number of piperazine rings is 1. The number of hydroxylamine groups is 2.